The van der Waals surface area contributed by atoms with Gasteiger partial charge in [-0.25, -0.2) is 13.9 Å². The van der Waals surface area contributed by atoms with Gasteiger partial charge in [-0.1, -0.05) is 78.7 Å². The predicted molar refractivity (Wildman–Crippen MR) is 149 cm³/mol. The van der Waals surface area contributed by atoms with Crippen LogP contribution in [0.25, 0.3) is 0 Å². The molecule has 3 aliphatic rings. The fourth-order valence-electron chi connectivity index (χ4n) is 5.91. The van der Waals surface area contributed by atoms with Gasteiger partial charge in [0.05, 0.1) is 24.8 Å². The van der Waals surface area contributed by atoms with Crippen LogP contribution in [0.1, 0.15) is 46.7 Å². The highest BCUT2D eigenvalue weighted by Gasteiger charge is 2.48. The average molecular weight is 570 g/mol. The molecule has 4 atom stereocenters. The maximum Gasteiger partial charge on any atom is 0.254 e. The molecule has 1 aliphatic carbocycles. The van der Waals surface area contributed by atoms with Crippen molar-refractivity contribution < 1.29 is 22.8 Å². The second-order valence-electron chi connectivity index (χ2n) is 10.3. The van der Waals surface area contributed by atoms with Crippen molar-refractivity contribution in [2.45, 2.75) is 43.9 Å². The zero-order valence-corrected chi connectivity index (χ0v) is 23.3. The number of hydroxylamine groups is 1. The average Bonchev–Trinajstić information content (AvgIpc) is 3.36. The predicted octanol–water partition coefficient (Wildman–Crippen LogP) is 3.97. The maximum absolute atomic E-state index is 14.0. The number of carbonyl (C=O) groups is 2. The van der Waals surface area contributed by atoms with Gasteiger partial charge in [-0.15, -0.1) is 0 Å². The Labute approximate surface area is 234 Å². The smallest absolute Gasteiger partial charge is 0.254 e. The van der Waals surface area contributed by atoms with E-state index in [1.165, 1.54) is 10.6 Å². The monoisotopic (exact) mass is 569 g/mol. The van der Waals surface area contributed by atoms with E-state index in [0.29, 0.717) is 29.1 Å². The Morgan fingerprint density at radius 1 is 1.10 bits per heavy atom. The van der Waals surface area contributed by atoms with E-state index in [0.717, 1.165) is 18.4 Å². The van der Waals surface area contributed by atoms with Crippen molar-refractivity contribution in [1.29, 1.82) is 0 Å². The van der Waals surface area contributed by atoms with Crippen LogP contribution in [-0.4, -0.2) is 60.9 Å². The number of allylic oxidation sites excluding steroid dienone is 2. The third-order valence-electron chi connectivity index (χ3n) is 7.66. The summed E-state index contributed by atoms with van der Waals surface area (Å²) in [6.45, 7) is 0.781. The minimum Gasteiger partial charge on any atom is -0.332 e. The van der Waals surface area contributed by atoms with Crippen molar-refractivity contribution in [2.24, 2.45) is 5.92 Å². The van der Waals surface area contributed by atoms with Crippen LogP contribution in [0.2, 0.25) is 0 Å². The van der Waals surface area contributed by atoms with E-state index in [2.05, 4.69) is 5.48 Å². The lowest BCUT2D eigenvalue weighted by Gasteiger charge is -2.46. The van der Waals surface area contributed by atoms with Gasteiger partial charge in [0.15, 0.2) is 0 Å². The molecule has 39 heavy (non-hydrogen) atoms. The second-order valence-corrected chi connectivity index (χ2v) is 12.6. The summed E-state index contributed by atoms with van der Waals surface area (Å²) in [5, 5.41) is 0.529. The van der Waals surface area contributed by atoms with Crippen molar-refractivity contribution in [3.63, 3.8) is 0 Å². The summed E-state index contributed by atoms with van der Waals surface area (Å²) < 4.78 is 26.7. The second kappa shape index (κ2) is 11.6. The summed E-state index contributed by atoms with van der Waals surface area (Å²) in [5.74, 6) is -1.71. The molecular formula is C29H32ClN3O5S. The van der Waals surface area contributed by atoms with E-state index < -0.39 is 22.0 Å². The zero-order chi connectivity index (χ0) is 27.6. The summed E-state index contributed by atoms with van der Waals surface area (Å²) in [4.78, 5) is 35.1. The quantitative estimate of drug-likeness (QED) is 0.485. The molecule has 0 saturated carbocycles. The molecule has 4 unspecified atom stereocenters. The molecule has 206 valence electrons. The van der Waals surface area contributed by atoms with Crippen LogP contribution in [0.3, 0.4) is 0 Å². The van der Waals surface area contributed by atoms with Gasteiger partial charge in [-0.05, 0) is 36.1 Å². The number of benzene rings is 2. The van der Waals surface area contributed by atoms with Crippen LogP contribution in [0.5, 0.6) is 0 Å². The fourth-order valence-corrected chi connectivity index (χ4v) is 7.30. The Morgan fingerprint density at radius 3 is 2.56 bits per heavy atom. The molecule has 5 rings (SSSR count). The van der Waals surface area contributed by atoms with Gasteiger partial charge in [-0.3, -0.25) is 14.4 Å². The van der Waals surface area contributed by atoms with Gasteiger partial charge in [0, 0.05) is 35.6 Å². The molecule has 2 aliphatic heterocycles. The molecule has 10 heteroatoms. The first kappa shape index (κ1) is 27.6. The lowest BCUT2D eigenvalue weighted by molar-refractivity contribution is -0.138. The van der Waals surface area contributed by atoms with Gasteiger partial charge in [0.2, 0.25) is 10.0 Å². The molecule has 2 aromatic rings. The summed E-state index contributed by atoms with van der Waals surface area (Å²) in [5.41, 5.74) is 4.56. The number of hydrogen-bond acceptors (Lipinski definition) is 5. The number of halogens is 1. The number of fused-ring (bicyclic) bond motifs is 1. The molecule has 0 spiro atoms. The molecule has 2 aromatic carbocycles. The maximum atomic E-state index is 14.0. The number of carbonyl (C=O) groups excluding carboxylic acids is 2. The lowest BCUT2D eigenvalue weighted by Crippen LogP contribution is -2.59. The normalized spacial score (nSPS) is 25.3. The van der Waals surface area contributed by atoms with E-state index in [9.17, 15) is 18.0 Å². The van der Waals surface area contributed by atoms with Crippen molar-refractivity contribution >= 4 is 33.4 Å². The van der Waals surface area contributed by atoms with Crippen LogP contribution in [0.15, 0.2) is 77.9 Å². The lowest BCUT2D eigenvalue weighted by atomic mass is 9.76. The van der Waals surface area contributed by atoms with Crippen LogP contribution < -0.4 is 5.48 Å². The Kier molecular flexibility index (Phi) is 8.23. The Morgan fingerprint density at radius 2 is 1.85 bits per heavy atom. The number of nitrogens with one attached hydrogen (secondary N) is 1. The minimum atomic E-state index is -3.47. The van der Waals surface area contributed by atoms with Crippen molar-refractivity contribution in [2.75, 3.05) is 19.3 Å². The number of piperidine rings is 1. The number of rotatable bonds is 8. The third-order valence-corrected chi connectivity index (χ3v) is 9.24. The molecular weight excluding hydrogens is 538 g/mol. The van der Waals surface area contributed by atoms with Crippen molar-refractivity contribution in [1.82, 2.24) is 14.7 Å². The van der Waals surface area contributed by atoms with Crippen molar-refractivity contribution in [3.8, 4) is 0 Å². The first-order valence-corrected chi connectivity index (χ1v) is 15.3. The van der Waals surface area contributed by atoms with Crippen LogP contribution >= 0.6 is 11.6 Å². The highest BCUT2D eigenvalue weighted by Crippen LogP contribution is 2.41. The molecule has 2 amide bonds. The zero-order valence-electron chi connectivity index (χ0n) is 21.7. The summed E-state index contributed by atoms with van der Waals surface area (Å²) in [6.07, 6.45) is 8.98. The SMILES string of the molecule is CS(=O)(=O)N1CCCCC1CN1C(=O)c2ccccc2C(C(=O)NOCc2ccccc2)C1C1C=CC(Cl)=C1. The minimum absolute atomic E-state index is 0.176. The standard InChI is InChI=1S/C29H32ClN3O5S/c1-39(36,37)33-16-8-7-11-23(33)18-32-27(21-14-15-22(30)17-21)26(24-12-5-6-13-25(24)29(32)35)28(34)31-38-19-20-9-3-2-4-10-20/h2-6,9-10,12-15,17,21,23,26-27H,7-8,11,16,18-19H2,1H3,(H,31,34). The summed E-state index contributed by atoms with van der Waals surface area (Å²) >= 11 is 6.32. The first-order valence-electron chi connectivity index (χ1n) is 13.1. The van der Waals surface area contributed by atoms with Crippen molar-refractivity contribution in [3.05, 3.63) is 94.5 Å². The molecule has 1 N–H and O–H groups in total. The van der Waals surface area contributed by atoms with E-state index in [1.54, 1.807) is 29.2 Å². The molecule has 0 aromatic heterocycles. The topological polar surface area (TPSA) is 96.0 Å². The largest absolute Gasteiger partial charge is 0.332 e. The van der Waals surface area contributed by atoms with Gasteiger partial charge in [-0.2, -0.15) is 4.31 Å². The molecule has 1 fully saturated rings. The van der Waals surface area contributed by atoms with Gasteiger partial charge >= 0.3 is 0 Å². The Bertz CT molecular complexity index is 1390. The van der Waals surface area contributed by atoms with E-state index >= 15 is 0 Å². The highest BCUT2D eigenvalue weighted by molar-refractivity contribution is 7.88. The van der Waals surface area contributed by atoms with E-state index in [1.807, 2.05) is 48.6 Å². The van der Waals surface area contributed by atoms with E-state index in [-0.39, 0.29) is 36.9 Å². The number of nitrogens with zero attached hydrogens (tertiary/aromatic N) is 2. The Balaban J connectivity index is 1.50. The van der Waals surface area contributed by atoms with E-state index in [4.69, 9.17) is 16.4 Å². The number of amides is 2. The summed E-state index contributed by atoms with van der Waals surface area (Å²) in [7, 11) is -3.47. The van der Waals surface area contributed by atoms with Gasteiger partial charge < -0.3 is 4.90 Å². The molecule has 2 heterocycles. The highest BCUT2D eigenvalue weighted by atomic mass is 35.5. The van der Waals surface area contributed by atoms with Gasteiger partial charge in [0.1, 0.15) is 0 Å². The van der Waals surface area contributed by atoms with Crippen LogP contribution in [0, 0.1) is 5.92 Å². The number of sulfonamides is 1. The Hall–Kier alpha value is -2.98. The molecule has 8 nitrogen and oxygen atoms in total. The van der Waals surface area contributed by atoms with Crippen LogP contribution in [0.4, 0.5) is 0 Å². The molecule has 0 radical (unpaired) electrons. The van der Waals surface area contributed by atoms with Gasteiger partial charge in [0.25, 0.3) is 11.8 Å². The summed E-state index contributed by atoms with van der Waals surface area (Å²) in [6, 6.07) is 15.6. The first-order chi connectivity index (χ1) is 18.7. The molecule has 0 bridgehead atoms. The molecule has 1 saturated heterocycles. The van der Waals surface area contributed by atoms with Crippen LogP contribution in [-0.2, 0) is 26.3 Å². The number of hydrogen-bond donors (Lipinski definition) is 1. The third kappa shape index (κ3) is 5.96. The fraction of sp³-hybridized carbons (Fsp3) is 0.379.